The molecule has 126 valence electrons. The SMILES string of the molecule is CCS(=O)(=O)N(CC(=O)N1CCCC1)c1ccc2c(c1)OCO2. The number of amides is 1. The summed E-state index contributed by atoms with van der Waals surface area (Å²) in [6, 6.07) is 4.90. The van der Waals surface area contributed by atoms with E-state index in [2.05, 4.69) is 0 Å². The van der Waals surface area contributed by atoms with Gasteiger partial charge in [-0.25, -0.2) is 8.42 Å². The molecular weight excluding hydrogens is 320 g/mol. The van der Waals surface area contributed by atoms with Crippen LogP contribution in [0.4, 0.5) is 5.69 Å². The molecule has 2 aliphatic rings. The monoisotopic (exact) mass is 340 g/mol. The van der Waals surface area contributed by atoms with E-state index in [9.17, 15) is 13.2 Å². The van der Waals surface area contributed by atoms with Gasteiger partial charge >= 0.3 is 0 Å². The fraction of sp³-hybridized carbons (Fsp3) is 0.533. The fourth-order valence-corrected chi connectivity index (χ4v) is 3.79. The van der Waals surface area contributed by atoms with Gasteiger partial charge in [0.2, 0.25) is 22.7 Å². The molecule has 1 saturated heterocycles. The van der Waals surface area contributed by atoms with Crippen LogP contribution in [0.15, 0.2) is 18.2 Å². The molecular formula is C15H20N2O5S. The summed E-state index contributed by atoms with van der Waals surface area (Å²) in [5.74, 6) is 0.826. The van der Waals surface area contributed by atoms with E-state index in [1.165, 1.54) is 0 Å². The number of sulfonamides is 1. The third-order valence-electron chi connectivity index (χ3n) is 4.08. The molecule has 1 fully saturated rings. The van der Waals surface area contributed by atoms with Gasteiger partial charge in [-0.05, 0) is 31.9 Å². The summed E-state index contributed by atoms with van der Waals surface area (Å²) in [5, 5.41) is 0. The Kier molecular flexibility index (Phi) is 4.34. The number of fused-ring (bicyclic) bond motifs is 1. The zero-order chi connectivity index (χ0) is 16.4. The van der Waals surface area contributed by atoms with Crippen molar-refractivity contribution >= 4 is 21.6 Å². The second-order valence-electron chi connectivity index (χ2n) is 5.53. The maximum absolute atomic E-state index is 12.4. The maximum Gasteiger partial charge on any atom is 0.243 e. The minimum absolute atomic E-state index is 0.0747. The highest BCUT2D eigenvalue weighted by molar-refractivity contribution is 7.92. The number of ether oxygens (including phenoxy) is 2. The minimum atomic E-state index is -3.57. The van der Waals surface area contributed by atoms with Crippen molar-refractivity contribution < 1.29 is 22.7 Å². The number of anilines is 1. The van der Waals surface area contributed by atoms with E-state index in [-0.39, 0.29) is 25.0 Å². The summed E-state index contributed by atoms with van der Waals surface area (Å²) in [5.41, 5.74) is 0.420. The third kappa shape index (κ3) is 3.21. The third-order valence-corrected chi connectivity index (χ3v) is 5.82. The number of hydrogen-bond donors (Lipinski definition) is 0. The number of rotatable bonds is 5. The topological polar surface area (TPSA) is 76.2 Å². The highest BCUT2D eigenvalue weighted by atomic mass is 32.2. The molecule has 2 aliphatic heterocycles. The molecule has 0 aromatic heterocycles. The van der Waals surface area contributed by atoms with Gasteiger partial charge in [-0.3, -0.25) is 9.10 Å². The average molecular weight is 340 g/mol. The van der Waals surface area contributed by atoms with Crippen molar-refractivity contribution in [3.63, 3.8) is 0 Å². The zero-order valence-electron chi connectivity index (χ0n) is 13.0. The Morgan fingerprint density at radius 1 is 1.22 bits per heavy atom. The van der Waals surface area contributed by atoms with Crippen LogP contribution in [-0.2, 0) is 14.8 Å². The number of carbonyl (C=O) groups excluding carboxylic acids is 1. The molecule has 1 amide bonds. The number of hydrogen-bond acceptors (Lipinski definition) is 5. The molecule has 23 heavy (non-hydrogen) atoms. The van der Waals surface area contributed by atoms with Crippen LogP contribution in [0.3, 0.4) is 0 Å². The van der Waals surface area contributed by atoms with Crippen LogP contribution in [-0.4, -0.2) is 51.4 Å². The van der Waals surface area contributed by atoms with Crippen LogP contribution in [0, 0.1) is 0 Å². The standard InChI is InChI=1S/C15H20N2O5S/c1-2-23(19,20)17(10-15(18)16-7-3-4-8-16)12-5-6-13-14(9-12)22-11-21-13/h5-6,9H,2-4,7-8,10-11H2,1H3. The number of nitrogens with zero attached hydrogens (tertiary/aromatic N) is 2. The fourth-order valence-electron chi connectivity index (χ4n) is 2.74. The molecule has 8 heteroatoms. The van der Waals surface area contributed by atoms with Gasteiger partial charge in [-0.15, -0.1) is 0 Å². The van der Waals surface area contributed by atoms with Crippen molar-refractivity contribution in [3.05, 3.63) is 18.2 Å². The molecule has 0 spiro atoms. The van der Waals surface area contributed by atoms with Crippen LogP contribution >= 0.6 is 0 Å². The molecule has 1 aromatic carbocycles. The summed E-state index contributed by atoms with van der Waals surface area (Å²) < 4.78 is 36.6. The first-order valence-electron chi connectivity index (χ1n) is 7.69. The Labute approximate surface area is 135 Å². The Morgan fingerprint density at radius 2 is 1.91 bits per heavy atom. The second kappa shape index (κ2) is 6.27. The van der Waals surface area contributed by atoms with Crippen LogP contribution < -0.4 is 13.8 Å². The van der Waals surface area contributed by atoms with Gasteiger partial charge in [-0.1, -0.05) is 0 Å². The first-order valence-corrected chi connectivity index (χ1v) is 9.30. The van der Waals surface area contributed by atoms with E-state index in [0.29, 0.717) is 30.3 Å². The highest BCUT2D eigenvalue weighted by Gasteiger charge is 2.28. The average Bonchev–Trinajstić information content (AvgIpc) is 3.22. The van der Waals surface area contributed by atoms with Crippen LogP contribution in [0.1, 0.15) is 19.8 Å². The molecule has 0 radical (unpaired) electrons. The molecule has 2 heterocycles. The van der Waals surface area contributed by atoms with Gasteiger partial charge in [-0.2, -0.15) is 0 Å². The van der Waals surface area contributed by atoms with E-state index < -0.39 is 10.0 Å². The molecule has 0 unspecified atom stereocenters. The van der Waals surface area contributed by atoms with Crippen molar-refractivity contribution in [1.82, 2.24) is 4.90 Å². The van der Waals surface area contributed by atoms with Crippen LogP contribution in [0.5, 0.6) is 11.5 Å². The summed E-state index contributed by atoms with van der Waals surface area (Å²) in [7, 11) is -3.57. The summed E-state index contributed by atoms with van der Waals surface area (Å²) in [4.78, 5) is 14.1. The lowest BCUT2D eigenvalue weighted by Crippen LogP contribution is -2.42. The Bertz CT molecular complexity index is 698. The Balaban J connectivity index is 1.88. The largest absolute Gasteiger partial charge is 0.454 e. The molecule has 7 nitrogen and oxygen atoms in total. The Morgan fingerprint density at radius 3 is 2.61 bits per heavy atom. The van der Waals surface area contributed by atoms with E-state index in [4.69, 9.17) is 9.47 Å². The van der Waals surface area contributed by atoms with Crippen molar-refractivity contribution in [1.29, 1.82) is 0 Å². The molecule has 0 aliphatic carbocycles. The molecule has 0 atom stereocenters. The van der Waals surface area contributed by atoms with Crippen molar-refractivity contribution in [3.8, 4) is 11.5 Å². The van der Waals surface area contributed by atoms with E-state index in [0.717, 1.165) is 17.1 Å². The van der Waals surface area contributed by atoms with E-state index in [1.807, 2.05) is 0 Å². The minimum Gasteiger partial charge on any atom is -0.454 e. The first kappa shape index (κ1) is 15.9. The summed E-state index contributed by atoms with van der Waals surface area (Å²) in [6.07, 6.45) is 1.94. The summed E-state index contributed by atoms with van der Waals surface area (Å²) in [6.45, 7) is 2.89. The van der Waals surface area contributed by atoms with E-state index >= 15 is 0 Å². The van der Waals surface area contributed by atoms with Crippen molar-refractivity contribution in [2.24, 2.45) is 0 Å². The predicted octanol–water partition coefficient (Wildman–Crippen LogP) is 1.19. The molecule has 1 aromatic rings. The molecule has 0 saturated carbocycles. The van der Waals surface area contributed by atoms with E-state index in [1.54, 1.807) is 30.0 Å². The van der Waals surface area contributed by atoms with Gasteiger partial charge in [0.25, 0.3) is 0 Å². The van der Waals surface area contributed by atoms with Gasteiger partial charge < -0.3 is 14.4 Å². The smallest absolute Gasteiger partial charge is 0.243 e. The van der Waals surface area contributed by atoms with Gasteiger partial charge in [0.15, 0.2) is 11.5 Å². The van der Waals surface area contributed by atoms with Gasteiger partial charge in [0.05, 0.1) is 11.4 Å². The highest BCUT2D eigenvalue weighted by Crippen LogP contribution is 2.36. The number of benzene rings is 1. The van der Waals surface area contributed by atoms with Crippen LogP contribution in [0.25, 0.3) is 0 Å². The summed E-state index contributed by atoms with van der Waals surface area (Å²) >= 11 is 0. The lowest BCUT2D eigenvalue weighted by atomic mass is 10.2. The van der Waals surface area contributed by atoms with Gasteiger partial charge in [0.1, 0.15) is 6.54 Å². The molecule has 3 rings (SSSR count). The van der Waals surface area contributed by atoms with Crippen molar-refractivity contribution in [2.45, 2.75) is 19.8 Å². The first-order chi connectivity index (χ1) is 11.0. The predicted molar refractivity (Wildman–Crippen MR) is 85.2 cm³/mol. The van der Waals surface area contributed by atoms with Gasteiger partial charge in [0, 0.05) is 19.2 Å². The van der Waals surface area contributed by atoms with Crippen LogP contribution in [0.2, 0.25) is 0 Å². The normalized spacial score (nSPS) is 16.7. The number of likely N-dealkylation sites (tertiary alicyclic amines) is 1. The quantitative estimate of drug-likeness (QED) is 0.805. The lowest BCUT2D eigenvalue weighted by Gasteiger charge is -2.26. The lowest BCUT2D eigenvalue weighted by molar-refractivity contribution is -0.128. The van der Waals surface area contributed by atoms with Crippen molar-refractivity contribution in [2.75, 3.05) is 36.5 Å². The molecule has 0 N–H and O–H groups in total. The second-order valence-corrected chi connectivity index (χ2v) is 7.71. The maximum atomic E-state index is 12.4. The molecule has 0 bridgehead atoms. The Hall–Kier alpha value is -1.96. The number of carbonyl (C=O) groups is 1. The zero-order valence-corrected chi connectivity index (χ0v) is 13.8.